The van der Waals surface area contributed by atoms with Crippen molar-refractivity contribution >= 4 is 34.5 Å². The molecule has 2 amide bonds. The van der Waals surface area contributed by atoms with E-state index in [0.29, 0.717) is 17.8 Å². The first-order valence-corrected chi connectivity index (χ1v) is 7.48. The van der Waals surface area contributed by atoms with E-state index in [9.17, 15) is 9.59 Å². The van der Waals surface area contributed by atoms with Gasteiger partial charge in [0.2, 0.25) is 11.8 Å². The first-order chi connectivity index (χ1) is 10.1. The zero-order valence-corrected chi connectivity index (χ0v) is 12.4. The van der Waals surface area contributed by atoms with Crippen molar-refractivity contribution in [1.29, 1.82) is 0 Å². The van der Waals surface area contributed by atoms with E-state index in [0.717, 1.165) is 4.88 Å². The third-order valence-corrected chi connectivity index (χ3v) is 3.82. The second kappa shape index (κ2) is 7.01. The van der Waals surface area contributed by atoms with Crippen LogP contribution in [0.25, 0.3) is 0 Å². The molecule has 21 heavy (non-hydrogen) atoms. The number of benzene rings is 1. The zero-order valence-electron chi connectivity index (χ0n) is 11.6. The number of hydrogen-bond donors (Lipinski definition) is 3. The molecule has 2 rings (SSSR count). The van der Waals surface area contributed by atoms with Crippen LogP contribution in [0.15, 0.2) is 41.8 Å². The largest absolute Gasteiger partial charge is 0.326 e. The van der Waals surface area contributed by atoms with Crippen LogP contribution >= 0.6 is 11.3 Å². The lowest BCUT2D eigenvalue weighted by Crippen LogP contribution is -2.27. The van der Waals surface area contributed by atoms with Gasteiger partial charge in [0.15, 0.2) is 0 Å². The highest BCUT2D eigenvalue weighted by molar-refractivity contribution is 7.10. The Morgan fingerprint density at radius 3 is 2.52 bits per heavy atom. The van der Waals surface area contributed by atoms with Crippen LogP contribution in [-0.2, 0) is 9.59 Å². The summed E-state index contributed by atoms with van der Waals surface area (Å²) in [4.78, 5) is 24.3. The van der Waals surface area contributed by atoms with Crippen molar-refractivity contribution in [3.05, 3.63) is 46.7 Å². The number of thiophene rings is 1. The lowest BCUT2D eigenvalue weighted by atomic mass is 10.2. The number of rotatable bonds is 5. The molecule has 2 aromatic rings. The van der Waals surface area contributed by atoms with Gasteiger partial charge in [-0.1, -0.05) is 19.1 Å². The normalized spacial score (nSPS) is 11.7. The number of hydrogen-bond acceptors (Lipinski definition) is 4. The Balaban J connectivity index is 2.04. The van der Waals surface area contributed by atoms with Crippen molar-refractivity contribution in [2.75, 3.05) is 10.6 Å². The lowest BCUT2D eigenvalue weighted by Gasteiger charge is -2.12. The maximum atomic E-state index is 12.1. The average Bonchev–Trinajstić information content (AvgIpc) is 3.00. The quantitative estimate of drug-likeness (QED) is 0.794. The van der Waals surface area contributed by atoms with Gasteiger partial charge in [-0.2, -0.15) is 0 Å². The Morgan fingerprint density at radius 2 is 1.90 bits per heavy atom. The summed E-state index contributed by atoms with van der Waals surface area (Å²) in [5.74, 6) is -0.356. The number of amides is 2. The molecule has 0 saturated heterocycles. The van der Waals surface area contributed by atoms with Gasteiger partial charge >= 0.3 is 0 Å². The lowest BCUT2D eigenvalue weighted by molar-refractivity contribution is -0.117. The van der Waals surface area contributed by atoms with E-state index in [-0.39, 0.29) is 11.8 Å². The monoisotopic (exact) mass is 303 g/mol. The van der Waals surface area contributed by atoms with Gasteiger partial charge in [-0.25, -0.2) is 0 Å². The molecule has 4 N–H and O–H groups in total. The molecular formula is C15H17N3O2S. The second-order valence-electron chi connectivity index (χ2n) is 4.46. The summed E-state index contributed by atoms with van der Waals surface area (Å²) in [6, 6.07) is 9.97. The molecule has 0 saturated carbocycles. The number of anilines is 2. The van der Waals surface area contributed by atoms with E-state index in [2.05, 4.69) is 10.6 Å². The van der Waals surface area contributed by atoms with Crippen LogP contribution < -0.4 is 16.4 Å². The highest BCUT2D eigenvalue weighted by Crippen LogP contribution is 2.20. The molecule has 6 heteroatoms. The molecule has 0 fully saturated rings. The molecule has 110 valence electrons. The van der Waals surface area contributed by atoms with Gasteiger partial charge in [-0.15, -0.1) is 11.3 Å². The minimum Gasteiger partial charge on any atom is -0.326 e. The van der Waals surface area contributed by atoms with Crippen molar-refractivity contribution < 1.29 is 9.59 Å². The van der Waals surface area contributed by atoms with Crippen LogP contribution in [0.4, 0.5) is 11.4 Å². The van der Waals surface area contributed by atoms with Crippen LogP contribution in [0.5, 0.6) is 0 Å². The van der Waals surface area contributed by atoms with Crippen molar-refractivity contribution in [2.45, 2.75) is 19.4 Å². The van der Waals surface area contributed by atoms with E-state index in [1.165, 1.54) is 11.3 Å². The minimum atomic E-state index is -0.695. The molecule has 0 aliphatic rings. The minimum absolute atomic E-state index is 0.0752. The fourth-order valence-electron chi connectivity index (χ4n) is 1.74. The number of carbonyl (C=O) groups excluding carboxylic acids is 2. The molecule has 5 nitrogen and oxygen atoms in total. The molecule has 0 aliphatic heterocycles. The molecule has 1 aromatic heterocycles. The molecular weight excluding hydrogens is 286 g/mol. The number of nitrogens with one attached hydrogen (secondary N) is 2. The maximum Gasteiger partial charge on any atom is 0.246 e. The van der Waals surface area contributed by atoms with E-state index in [1.54, 1.807) is 31.2 Å². The van der Waals surface area contributed by atoms with Gasteiger partial charge in [0.1, 0.15) is 6.04 Å². The van der Waals surface area contributed by atoms with Gasteiger partial charge in [0.05, 0.1) is 0 Å². The van der Waals surface area contributed by atoms with Crippen molar-refractivity contribution in [1.82, 2.24) is 0 Å². The summed E-state index contributed by atoms with van der Waals surface area (Å²) in [5, 5.41) is 7.37. The van der Waals surface area contributed by atoms with E-state index < -0.39 is 6.04 Å². The molecule has 0 aliphatic carbocycles. The molecule has 0 spiro atoms. The summed E-state index contributed by atoms with van der Waals surface area (Å²) in [6.07, 6.45) is 0.403. The third kappa shape index (κ3) is 4.14. The van der Waals surface area contributed by atoms with Crippen LogP contribution in [0.2, 0.25) is 0 Å². The Hall–Kier alpha value is -2.18. The predicted octanol–water partition coefficient (Wildman–Crippen LogP) is 2.74. The molecule has 0 bridgehead atoms. The maximum absolute atomic E-state index is 12.1. The van der Waals surface area contributed by atoms with Gasteiger partial charge in [0.25, 0.3) is 0 Å². The third-order valence-electron chi connectivity index (χ3n) is 2.87. The summed E-state index contributed by atoms with van der Waals surface area (Å²) in [6.45, 7) is 1.78. The van der Waals surface area contributed by atoms with Crippen LogP contribution in [0, 0.1) is 0 Å². The first kappa shape index (κ1) is 15.2. The van der Waals surface area contributed by atoms with Gasteiger partial charge in [0, 0.05) is 22.7 Å². The van der Waals surface area contributed by atoms with Crippen LogP contribution in [-0.4, -0.2) is 11.8 Å². The molecule has 1 atom stereocenters. The smallest absolute Gasteiger partial charge is 0.246 e. The summed E-state index contributed by atoms with van der Waals surface area (Å²) < 4.78 is 0. The molecule has 1 aromatic carbocycles. The van der Waals surface area contributed by atoms with Crippen LogP contribution in [0.1, 0.15) is 24.3 Å². The topological polar surface area (TPSA) is 84.2 Å². The second-order valence-corrected chi connectivity index (χ2v) is 5.44. The van der Waals surface area contributed by atoms with Crippen molar-refractivity contribution in [3.8, 4) is 0 Å². The number of carbonyl (C=O) groups is 2. The Labute approximate surface area is 127 Å². The van der Waals surface area contributed by atoms with Crippen molar-refractivity contribution in [2.24, 2.45) is 5.73 Å². The standard InChI is InChI=1S/C15H17N3O2S/c1-2-13(19)17-10-5-3-6-11(9-10)18-15(20)14(16)12-7-4-8-21-12/h3-9,14H,2,16H2,1H3,(H,17,19)(H,18,20). The SMILES string of the molecule is CCC(=O)Nc1cccc(NC(=O)C(N)c2cccs2)c1. The first-order valence-electron chi connectivity index (χ1n) is 6.60. The fraction of sp³-hybridized carbons (Fsp3) is 0.200. The summed E-state index contributed by atoms with van der Waals surface area (Å²) >= 11 is 1.44. The molecule has 1 heterocycles. The van der Waals surface area contributed by atoms with Gasteiger partial charge in [-0.3, -0.25) is 9.59 Å². The Bertz CT molecular complexity index is 626. The Morgan fingerprint density at radius 1 is 1.19 bits per heavy atom. The molecule has 1 unspecified atom stereocenters. The summed E-state index contributed by atoms with van der Waals surface area (Å²) in [7, 11) is 0. The fourth-order valence-corrected chi connectivity index (χ4v) is 2.47. The highest BCUT2D eigenvalue weighted by Gasteiger charge is 2.16. The Kier molecular flexibility index (Phi) is 5.08. The van der Waals surface area contributed by atoms with Crippen molar-refractivity contribution in [3.63, 3.8) is 0 Å². The van der Waals surface area contributed by atoms with Crippen LogP contribution in [0.3, 0.4) is 0 Å². The highest BCUT2D eigenvalue weighted by atomic mass is 32.1. The van der Waals surface area contributed by atoms with Gasteiger partial charge < -0.3 is 16.4 Å². The van der Waals surface area contributed by atoms with E-state index in [1.807, 2.05) is 17.5 Å². The zero-order chi connectivity index (χ0) is 15.2. The van der Waals surface area contributed by atoms with E-state index >= 15 is 0 Å². The average molecular weight is 303 g/mol. The summed E-state index contributed by atoms with van der Waals surface area (Å²) in [5.41, 5.74) is 7.14. The predicted molar refractivity (Wildman–Crippen MR) is 85.2 cm³/mol. The van der Waals surface area contributed by atoms with E-state index in [4.69, 9.17) is 5.73 Å². The molecule has 0 radical (unpaired) electrons. The number of nitrogens with two attached hydrogens (primary N) is 1. The van der Waals surface area contributed by atoms with Gasteiger partial charge in [-0.05, 0) is 29.6 Å².